The first-order valence-electron chi connectivity index (χ1n) is 10.6. The number of aromatic nitrogens is 1. The Labute approximate surface area is 212 Å². The number of halogens is 4. The largest absolute Gasteiger partial charge is 0.484 e. The Morgan fingerprint density at radius 1 is 1.11 bits per heavy atom. The number of amides is 2. The van der Waals surface area contributed by atoms with E-state index in [2.05, 4.69) is 4.98 Å². The number of alkyl halides is 3. The topological polar surface area (TPSA) is 141 Å². The second-order valence-corrected chi connectivity index (χ2v) is 8.65. The molecule has 0 radical (unpaired) electrons. The molecule has 1 unspecified atom stereocenters. The van der Waals surface area contributed by atoms with Crippen LogP contribution in [0.3, 0.4) is 0 Å². The van der Waals surface area contributed by atoms with Crippen LogP contribution in [0.2, 0.25) is 0 Å². The summed E-state index contributed by atoms with van der Waals surface area (Å²) in [5.41, 5.74) is 12.1. The number of nitrogens with two attached hydrogens (primary N) is 2. The van der Waals surface area contributed by atoms with Gasteiger partial charge in [0.15, 0.2) is 11.7 Å². The van der Waals surface area contributed by atoms with Crippen molar-refractivity contribution in [2.45, 2.75) is 19.1 Å². The van der Waals surface area contributed by atoms with Crippen molar-refractivity contribution in [1.29, 1.82) is 0 Å². The van der Waals surface area contributed by atoms with Crippen LogP contribution in [0.1, 0.15) is 22.2 Å². The Bertz CT molecular complexity index is 1280. The highest BCUT2D eigenvalue weighted by Crippen LogP contribution is 2.36. The van der Waals surface area contributed by atoms with E-state index in [0.29, 0.717) is 5.69 Å². The number of rotatable bonds is 10. The van der Waals surface area contributed by atoms with E-state index < -0.39 is 48.8 Å². The number of thiazole rings is 1. The Hall–Kier alpha value is -4.20. The maximum absolute atomic E-state index is 13.4. The number of ketones is 1. The van der Waals surface area contributed by atoms with Crippen LogP contribution in [0.4, 0.5) is 34.2 Å². The van der Waals surface area contributed by atoms with Crippen LogP contribution in [0.5, 0.6) is 5.75 Å². The zero-order chi connectivity index (χ0) is 27.3. The summed E-state index contributed by atoms with van der Waals surface area (Å²) in [6.07, 6.45) is -4.54. The first kappa shape index (κ1) is 27.4. The SMILES string of the molecule is CC(C(N)=O)N(c1ccc(F)cc1)c1nc(N)c(C(=O)c2ccc(OCC(=O)NCC(F)(F)F)cc2)s1. The molecule has 3 rings (SSSR count). The predicted molar refractivity (Wildman–Crippen MR) is 128 cm³/mol. The molecule has 0 aliphatic heterocycles. The summed E-state index contributed by atoms with van der Waals surface area (Å²) in [4.78, 5) is 42.1. The number of hydrogen-bond acceptors (Lipinski definition) is 8. The molecule has 0 aliphatic rings. The van der Waals surface area contributed by atoms with E-state index in [1.165, 1.54) is 60.4 Å². The Morgan fingerprint density at radius 2 is 1.73 bits per heavy atom. The number of nitrogen functional groups attached to an aromatic ring is 1. The third kappa shape index (κ3) is 7.16. The molecule has 3 aromatic rings. The molecule has 0 bridgehead atoms. The normalized spacial score (nSPS) is 12.0. The molecule has 0 aliphatic carbocycles. The minimum Gasteiger partial charge on any atom is -0.484 e. The highest BCUT2D eigenvalue weighted by atomic mass is 32.1. The van der Waals surface area contributed by atoms with E-state index in [9.17, 15) is 31.9 Å². The lowest BCUT2D eigenvalue weighted by molar-refractivity contribution is -0.139. The van der Waals surface area contributed by atoms with Gasteiger partial charge < -0.3 is 26.4 Å². The van der Waals surface area contributed by atoms with Crippen molar-refractivity contribution in [2.75, 3.05) is 23.8 Å². The average Bonchev–Trinajstić information content (AvgIpc) is 3.22. The summed E-state index contributed by atoms with van der Waals surface area (Å²) in [7, 11) is 0. The average molecular weight is 540 g/mol. The first-order chi connectivity index (χ1) is 17.4. The number of carbonyl (C=O) groups is 3. The lowest BCUT2D eigenvalue weighted by Crippen LogP contribution is -2.39. The van der Waals surface area contributed by atoms with E-state index in [4.69, 9.17) is 16.2 Å². The number of nitrogens with one attached hydrogen (secondary N) is 1. The molecule has 1 atom stereocenters. The van der Waals surface area contributed by atoms with Crippen molar-refractivity contribution in [3.63, 3.8) is 0 Å². The van der Waals surface area contributed by atoms with Gasteiger partial charge in [0.25, 0.3) is 5.91 Å². The van der Waals surface area contributed by atoms with Gasteiger partial charge >= 0.3 is 6.18 Å². The molecule has 14 heteroatoms. The predicted octanol–water partition coefficient (Wildman–Crippen LogP) is 3.16. The number of primary amides is 1. The standard InChI is InChI=1S/C23H21F4N5O4S/c1-12(21(29)35)32(15-6-4-14(24)5-7-15)22-31-20(28)19(37-22)18(34)13-2-8-16(9-3-13)36-10-17(33)30-11-23(25,26)27/h2-9,12H,10-11,28H2,1H3,(H2,29,35)(H,30,33). The molecule has 9 nitrogen and oxygen atoms in total. The molecule has 196 valence electrons. The summed E-state index contributed by atoms with van der Waals surface area (Å²) in [5.74, 6) is -2.59. The fourth-order valence-electron chi connectivity index (χ4n) is 3.05. The third-order valence-electron chi connectivity index (χ3n) is 4.93. The summed E-state index contributed by atoms with van der Waals surface area (Å²) in [6, 6.07) is 9.84. The minimum atomic E-state index is -4.54. The Morgan fingerprint density at radius 3 is 2.30 bits per heavy atom. The van der Waals surface area contributed by atoms with Crippen molar-refractivity contribution >= 4 is 45.6 Å². The molecule has 2 amide bonds. The van der Waals surface area contributed by atoms with Gasteiger partial charge in [-0.3, -0.25) is 14.4 Å². The van der Waals surface area contributed by atoms with Crippen LogP contribution in [-0.2, 0) is 9.59 Å². The molecule has 0 fully saturated rings. The summed E-state index contributed by atoms with van der Waals surface area (Å²) >= 11 is 0.904. The van der Waals surface area contributed by atoms with Gasteiger partial charge in [0.2, 0.25) is 11.7 Å². The van der Waals surface area contributed by atoms with E-state index in [1.807, 2.05) is 0 Å². The van der Waals surface area contributed by atoms with Crippen molar-refractivity contribution in [2.24, 2.45) is 5.73 Å². The lowest BCUT2D eigenvalue weighted by Gasteiger charge is -2.26. The van der Waals surface area contributed by atoms with Gasteiger partial charge in [0.1, 0.15) is 34.8 Å². The van der Waals surface area contributed by atoms with Gasteiger partial charge in [-0.1, -0.05) is 11.3 Å². The van der Waals surface area contributed by atoms with Gasteiger partial charge in [-0.2, -0.15) is 13.2 Å². The summed E-state index contributed by atoms with van der Waals surface area (Å²) in [6.45, 7) is -0.601. The van der Waals surface area contributed by atoms with Crippen LogP contribution in [0.25, 0.3) is 0 Å². The number of anilines is 3. The minimum absolute atomic E-state index is 0.0685. The maximum atomic E-state index is 13.4. The first-order valence-corrected chi connectivity index (χ1v) is 11.4. The van der Waals surface area contributed by atoms with Crippen molar-refractivity contribution in [3.05, 3.63) is 64.8 Å². The van der Waals surface area contributed by atoms with Gasteiger partial charge in [0, 0.05) is 11.3 Å². The van der Waals surface area contributed by atoms with Crippen molar-refractivity contribution in [1.82, 2.24) is 10.3 Å². The van der Waals surface area contributed by atoms with Crippen LogP contribution in [0.15, 0.2) is 48.5 Å². The molecule has 2 aromatic carbocycles. The quantitative estimate of drug-likeness (QED) is 0.266. The molecule has 1 heterocycles. The van der Waals surface area contributed by atoms with Gasteiger partial charge in [-0.15, -0.1) is 0 Å². The molecule has 0 saturated carbocycles. The summed E-state index contributed by atoms with van der Waals surface area (Å²) in [5, 5.41) is 1.86. The lowest BCUT2D eigenvalue weighted by atomic mass is 10.1. The molecular formula is C23H21F4N5O4S. The van der Waals surface area contributed by atoms with Crippen LogP contribution >= 0.6 is 11.3 Å². The molecule has 0 spiro atoms. The number of hydrogen-bond donors (Lipinski definition) is 3. The van der Waals surface area contributed by atoms with Gasteiger partial charge in [0.05, 0.1) is 0 Å². The number of carbonyl (C=O) groups excluding carboxylic acids is 3. The zero-order valence-corrected chi connectivity index (χ0v) is 20.0. The van der Waals surface area contributed by atoms with Crippen LogP contribution < -0.4 is 26.4 Å². The van der Waals surface area contributed by atoms with E-state index in [0.717, 1.165) is 11.3 Å². The molecule has 37 heavy (non-hydrogen) atoms. The Kier molecular flexibility index (Phi) is 8.32. The number of nitrogens with zero attached hydrogens (tertiary/aromatic N) is 2. The number of ether oxygens (including phenoxy) is 1. The maximum Gasteiger partial charge on any atom is 0.405 e. The molecule has 1 aromatic heterocycles. The van der Waals surface area contributed by atoms with E-state index in [1.54, 1.807) is 5.32 Å². The highest BCUT2D eigenvalue weighted by Gasteiger charge is 2.28. The Balaban J connectivity index is 1.76. The van der Waals surface area contributed by atoms with Crippen molar-refractivity contribution < 1.29 is 36.7 Å². The monoisotopic (exact) mass is 539 g/mol. The smallest absolute Gasteiger partial charge is 0.405 e. The summed E-state index contributed by atoms with van der Waals surface area (Å²) < 4.78 is 55.0. The van der Waals surface area contributed by atoms with Gasteiger partial charge in [-0.05, 0) is 55.5 Å². The second kappa shape index (κ2) is 11.2. The molecule has 5 N–H and O–H groups in total. The molecule has 0 saturated heterocycles. The fraction of sp³-hybridized carbons (Fsp3) is 0.217. The van der Waals surface area contributed by atoms with Crippen LogP contribution in [0, 0.1) is 5.82 Å². The van der Waals surface area contributed by atoms with Crippen LogP contribution in [-0.4, -0.2) is 48.0 Å². The van der Waals surface area contributed by atoms with E-state index >= 15 is 0 Å². The van der Waals surface area contributed by atoms with E-state index in [-0.39, 0.29) is 27.1 Å². The molecular weight excluding hydrogens is 518 g/mol. The third-order valence-corrected chi connectivity index (χ3v) is 6.00. The fourth-order valence-corrected chi connectivity index (χ4v) is 4.10. The van der Waals surface area contributed by atoms with Gasteiger partial charge in [-0.25, -0.2) is 9.37 Å². The highest BCUT2D eigenvalue weighted by molar-refractivity contribution is 7.18. The second-order valence-electron chi connectivity index (χ2n) is 7.67. The zero-order valence-electron chi connectivity index (χ0n) is 19.2. The number of benzene rings is 2. The van der Waals surface area contributed by atoms with Crippen molar-refractivity contribution in [3.8, 4) is 5.75 Å².